The summed E-state index contributed by atoms with van der Waals surface area (Å²) in [6.45, 7) is 2.70. The second-order valence-electron chi connectivity index (χ2n) is 6.18. The molecule has 0 spiro atoms. The molecule has 0 bridgehead atoms. The number of ether oxygens (including phenoxy) is 3. The zero-order valence-corrected chi connectivity index (χ0v) is 16.7. The van der Waals surface area contributed by atoms with Crippen LogP contribution in [0, 0.1) is 19.3 Å². The second-order valence-corrected chi connectivity index (χ2v) is 6.18. The van der Waals surface area contributed by atoms with Gasteiger partial charge in [0, 0.05) is 12.6 Å². The molecular weight excluding hydrogens is 354 g/mol. The fourth-order valence-electron chi connectivity index (χ4n) is 2.71. The minimum atomic E-state index is -0.174. The highest BCUT2D eigenvalue weighted by atomic mass is 16.5. The van der Waals surface area contributed by atoms with E-state index in [1.165, 1.54) is 11.6 Å². The Morgan fingerprint density at radius 3 is 2.18 bits per heavy atom. The molecule has 0 radical (unpaired) electrons. The summed E-state index contributed by atoms with van der Waals surface area (Å²) in [6.07, 6.45) is 8.64. The molecule has 5 nitrogen and oxygen atoms in total. The fraction of sp³-hybridized carbons (Fsp3) is 0.261. The van der Waals surface area contributed by atoms with Crippen molar-refractivity contribution in [2.45, 2.75) is 13.5 Å². The van der Waals surface area contributed by atoms with Crippen molar-refractivity contribution >= 4 is 12.0 Å². The van der Waals surface area contributed by atoms with E-state index < -0.39 is 0 Å². The van der Waals surface area contributed by atoms with Gasteiger partial charge in [-0.15, -0.1) is 6.42 Å². The first-order valence-electron chi connectivity index (χ1n) is 8.78. The predicted molar refractivity (Wildman–Crippen MR) is 111 cm³/mol. The van der Waals surface area contributed by atoms with E-state index in [2.05, 4.69) is 5.92 Å². The molecule has 0 N–H and O–H groups in total. The Hall–Kier alpha value is -3.39. The van der Waals surface area contributed by atoms with Crippen molar-refractivity contribution in [3.8, 4) is 29.6 Å². The monoisotopic (exact) mass is 379 g/mol. The van der Waals surface area contributed by atoms with Gasteiger partial charge in [0.25, 0.3) is 0 Å². The average Bonchev–Trinajstić information content (AvgIpc) is 2.72. The third-order valence-corrected chi connectivity index (χ3v) is 4.19. The molecule has 2 aromatic carbocycles. The number of amides is 1. The number of rotatable bonds is 8. The van der Waals surface area contributed by atoms with Crippen molar-refractivity contribution in [1.29, 1.82) is 0 Å². The largest absolute Gasteiger partial charge is 0.493 e. The van der Waals surface area contributed by atoms with Gasteiger partial charge in [0.2, 0.25) is 11.7 Å². The molecule has 0 atom stereocenters. The van der Waals surface area contributed by atoms with Gasteiger partial charge in [0.1, 0.15) is 0 Å². The fourth-order valence-corrected chi connectivity index (χ4v) is 2.71. The Kier molecular flexibility index (Phi) is 7.53. The molecule has 28 heavy (non-hydrogen) atoms. The zero-order chi connectivity index (χ0) is 20.5. The third-order valence-electron chi connectivity index (χ3n) is 4.19. The first-order chi connectivity index (χ1) is 13.5. The molecule has 2 aromatic rings. The van der Waals surface area contributed by atoms with Gasteiger partial charge in [-0.2, -0.15) is 0 Å². The number of carbonyl (C=O) groups is 1. The molecule has 1 amide bonds. The van der Waals surface area contributed by atoms with Crippen LogP contribution in [-0.2, 0) is 11.3 Å². The second kappa shape index (κ2) is 10.1. The van der Waals surface area contributed by atoms with E-state index in [1.807, 2.05) is 31.2 Å². The molecule has 0 saturated heterocycles. The zero-order valence-electron chi connectivity index (χ0n) is 16.7. The number of hydrogen-bond donors (Lipinski definition) is 0. The smallest absolute Gasteiger partial charge is 0.247 e. The lowest BCUT2D eigenvalue weighted by atomic mass is 10.1. The van der Waals surface area contributed by atoms with Crippen LogP contribution in [0.25, 0.3) is 6.08 Å². The number of aryl methyl sites for hydroxylation is 1. The van der Waals surface area contributed by atoms with Gasteiger partial charge in [0.05, 0.1) is 27.9 Å². The number of methoxy groups -OCH3 is 3. The molecule has 0 heterocycles. The molecule has 0 aliphatic heterocycles. The summed E-state index contributed by atoms with van der Waals surface area (Å²) in [5, 5.41) is 0. The van der Waals surface area contributed by atoms with Crippen molar-refractivity contribution in [2.24, 2.45) is 0 Å². The molecule has 0 fully saturated rings. The summed E-state index contributed by atoms with van der Waals surface area (Å²) >= 11 is 0. The van der Waals surface area contributed by atoms with Crippen molar-refractivity contribution in [3.63, 3.8) is 0 Å². The van der Waals surface area contributed by atoms with Gasteiger partial charge < -0.3 is 19.1 Å². The van der Waals surface area contributed by atoms with Crippen LogP contribution in [0.2, 0.25) is 0 Å². The predicted octanol–water partition coefficient (Wildman–Crippen LogP) is 3.70. The summed E-state index contributed by atoms with van der Waals surface area (Å²) < 4.78 is 16.0. The minimum absolute atomic E-state index is 0.174. The van der Waals surface area contributed by atoms with Crippen molar-refractivity contribution in [3.05, 3.63) is 59.2 Å². The average molecular weight is 379 g/mol. The van der Waals surface area contributed by atoms with Crippen molar-refractivity contribution in [1.82, 2.24) is 4.90 Å². The first-order valence-corrected chi connectivity index (χ1v) is 8.78. The third kappa shape index (κ3) is 5.31. The van der Waals surface area contributed by atoms with Crippen LogP contribution in [0.15, 0.2) is 42.5 Å². The SMILES string of the molecule is C#CCN(Cc1ccc(C)cc1)C(=O)/C=C/c1cc(OC)c(OC)c(OC)c1. The summed E-state index contributed by atoms with van der Waals surface area (Å²) in [5.74, 6) is 3.92. The standard InChI is InChI=1S/C23H25NO4/c1-6-13-24(16-18-9-7-17(2)8-10-18)22(25)12-11-19-14-20(26-3)23(28-5)21(15-19)27-4/h1,7-12,14-15H,13,16H2,2-5H3/b12-11+. The maximum absolute atomic E-state index is 12.7. The van der Waals surface area contributed by atoms with Gasteiger partial charge in [-0.25, -0.2) is 0 Å². The van der Waals surface area contributed by atoms with E-state index in [9.17, 15) is 4.79 Å². The summed E-state index contributed by atoms with van der Waals surface area (Å²) in [6, 6.07) is 11.6. The Morgan fingerprint density at radius 2 is 1.68 bits per heavy atom. The van der Waals surface area contributed by atoms with Crippen LogP contribution in [0.1, 0.15) is 16.7 Å². The molecule has 5 heteroatoms. The summed E-state index contributed by atoms with van der Waals surface area (Å²) in [5.41, 5.74) is 2.94. The Balaban J connectivity index is 2.21. The Bertz CT molecular complexity index is 853. The quantitative estimate of drug-likeness (QED) is 0.518. The molecule has 2 rings (SSSR count). The van der Waals surface area contributed by atoms with Crippen LogP contribution >= 0.6 is 0 Å². The van der Waals surface area contributed by atoms with E-state index in [0.29, 0.717) is 23.8 Å². The van der Waals surface area contributed by atoms with E-state index in [0.717, 1.165) is 11.1 Å². The number of carbonyl (C=O) groups excluding carboxylic acids is 1. The maximum Gasteiger partial charge on any atom is 0.247 e. The molecular formula is C23H25NO4. The number of benzene rings is 2. The van der Waals surface area contributed by atoms with Crippen LogP contribution in [0.4, 0.5) is 0 Å². The lowest BCUT2D eigenvalue weighted by molar-refractivity contribution is -0.125. The number of nitrogens with zero attached hydrogens (tertiary/aromatic N) is 1. The van der Waals surface area contributed by atoms with Crippen LogP contribution in [0.5, 0.6) is 17.2 Å². The van der Waals surface area contributed by atoms with E-state index in [4.69, 9.17) is 20.6 Å². The molecule has 0 saturated carbocycles. The topological polar surface area (TPSA) is 48.0 Å². The highest BCUT2D eigenvalue weighted by Gasteiger charge is 2.13. The van der Waals surface area contributed by atoms with Gasteiger partial charge in [0.15, 0.2) is 11.5 Å². The van der Waals surface area contributed by atoms with E-state index in [1.54, 1.807) is 44.4 Å². The highest BCUT2D eigenvalue weighted by Crippen LogP contribution is 2.38. The van der Waals surface area contributed by atoms with Crippen LogP contribution in [-0.4, -0.2) is 38.7 Å². The van der Waals surface area contributed by atoms with Crippen molar-refractivity contribution in [2.75, 3.05) is 27.9 Å². The summed E-state index contributed by atoms with van der Waals surface area (Å²) in [7, 11) is 4.64. The highest BCUT2D eigenvalue weighted by molar-refractivity contribution is 5.92. The molecule has 0 aliphatic carbocycles. The van der Waals surface area contributed by atoms with Gasteiger partial charge >= 0.3 is 0 Å². The molecule has 0 unspecified atom stereocenters. The lowest BCUT2D eigenvalue weighted by Crippen LogP contribution is -2.29. The number of terminal acetylenes is 1. The molecule has 0 aliphatic rings. The van der Waals surface area contributed by atoms with E-state index >= 15 is 0 Å². The molecule has 146 valence electrons. The first kappa shape index (κ1) is 20.9. The Labute approximate surface area is 166 Å². The maximum atomic E-state index is 12.7. The number of hydrogen-bond acceptors (Lipinski definition) is 4. The molecule has 0 aromatic heterocycles. The minimum Gasteiger partial charge on any atom is -0.493 e. The van der Waals surface area contributed by atoms with Gasteiger partial charge in [-0.1, -0.05) is 35.7 Å². The van der Waals surface area contributed by atoms with Crippen molar-refractivity contribution < 1.29 is 19.0 Å². The normalized spacial score (nSPS) is 10.4. The lowest BCUT2D eigenvalue weighted by Gasteiger charge is -2.19. The van der Waals surface area contributed by atoms with E-state index in [-0.39, 0.29) is 12.5 Å². The summed E-state index contributed by atoms with van der Waals surface area (Å²) in [4.78, 5) is 14.3. The van der Waals surface area contributed by atoms with Crippen LogP contribution in [0.3, 0.4) is 0 Å². The Morgan fingerprint density at radius 1 is 1.07 bits per heavy atom. The van der Waals surface area contributed by atoms with Gasteiger partial charge in [-0.3, -0.25) is 4.79 Å². The van der Waals surface area contributed by atoms with Crippen LogP contribution < -0.4 is 14.2 Å². The van der Waals surface area contributed by atoms with Gasteiger partial charge in [-0.05, 0) is 36.3 Å².